The lowest BCUT2D eigenvalue weighted by Gasteiger charge is -2.28. The maximum atomic E-state index is 11.6. The molecule has 0 saturated heterocycles. The predicted octanol–water partition coefficient (Wildman–Crippen LogP) is 0.832. The lowest BCUT2D eigenvalue weighted by molar-refractivity contribution is 0.318. The van der Waals surface area contributed by atoms with Crippen LogP contribution in [-0.4, -0.2) is 26.3 Å². The molecule has 0 spiro atoms. The van der Waals surface area contributed by atoms with Crippen LogP contribution in [0.1, 0.15) is 39.5 Å². The minimum absolute atomic E-state index is 0.125. The smallest absolute Gasteiger partial charge is 0.214 e. The Labute approximate surface area is 92.7 Å². The van der Waals surface area contributed by atoms with Gasteiger partial charge in [0, 0.05) is 6.04 Å². The van der Waals surface area contributed by atoms with Crippen molar-refractivity contribution in [2.24, 2.45) is 11.7 Å². The molecule has 1 aliphatic rings. The normalized spacial score (nSPS) is 28.3. The quantitative estimate of drug-likeness (QED) is 0.757. The highest BCUT2D eigenvalue weighted by molar-refractivity contribution is 7.90. The summed E-state index contributed by atoms with van der Waals surface area (Å²) in [6, 6.07) is 0.125. The fourth-order valence-electron chi connectivity index (χ4n) is 1.88. The van der Waals surface area contributed by atoms with Crippen LogP contribution in [0.25, 0.3) is 0 Å². The summed E-state index contributed by atoms with van der Waals surface area (Å²) in [7, 11) is -3.10. The summed E-state index contributed by atoms with van der Waals surface area (Å²) in [5, 5.41) is -0.343. The Morgan fingerprint density at radius 2 is 1.80 bits per heavy atom. The van der Waals surface area contributed by atoms with E-state index in [2.05, 4.69) is 4.72 Å². The minimum atomic E-state index is -3.10. The van der Waals surface area contributed by atoms with Crippen molar-refractivity contribution in [1.82, 2.24) is 4.72 Å². The summed E-state index contributed by atoms with van der Waals surface area (Å²) in [5.74, 6) is 0.588. The Balaban J connectivity index is 2.42. The third-order valence-corrected chi connectivity index (χ3v) is 5.03. The molecule has 0 aromatic heterocycles. The lowest BCUT2D eigenvalue weighted by atomic mass is 9.87. The van der Waals surface area contributed by atoms with Crippen LogP contribution in [-0.2, 0) is 10.0 Å². The van der Waals surface area contributed by atoms with Crippen LogP contribution in [0, 0.1) is 5.92 Å². The van der Waals surface area contributed by atoms with Gasteiger partial charge in [-0.05, 0) is 52.0 Å². The van der Waals surface area contributed by atoms with Gasteiger partial charge in [-0.1, -0.05) is 0 Å². The highest BCUT2D eigenvalue weighted by Gasteiger charge is 2.25. The van der Waals surface area contributed by atoms with Gasteiger partial charge in [0.15, 0.2) is 0 Å². The largest absolute Gasteiger partial charge is 0.330 e. The zero-order valence-corrected chi connectivity index (χ0v) is 10.4. The SMILES string of the molecule is CC(C)S(=O)(=O)NC1CCC(CN)CC1. The highest BCUT2D eigenvalue weighted by Crippen LogP contribution is 2.23. The van der Waals surface area contributed by atoms with Crippen LogP contribution in [0.2, 0.25) is 0 Å². The van der Waals surface area contributed by atoms with Crippen molar-refractivity contribution in [2.45, 2.75) is 50.8 Å². The predicted molar refractivity (Wildman–Crippen MR) is 62.0 cm³/mol. The van der Waals surface area contributed by atoms with Gasteiger partial charge in [-0.25, -0.2) is 13.1 Å². The molecule has 1 saturated carbocycles. The molecule has 4 nitrogen and oxygen atoms in total. The van der Waals surface area contributed by atoms with Crippen LogP contribution in [0.4, 0.5) is 0 Å². The summed E-state index contributed by atoms with van der Waals surface area (Å²) in [5.41, 5.74) is 5.59. The Morgan fingerprint density at radius 1 is 1.27 bits per heavy atom. The van der Waals surface area contributed by atoms with Crippen LogP contribution in [0.5, 0.6) is 0 Å². The molecule has 0 radical (unpaired) electrons. The topological polar surface area (TPSA) is 72.2 Å². The molecule has 0 heterocycles. The molecule has 0 atom stereocenters. The molecule has 0 aromatic rings. The van der Waals surface area contributed by atoms with Crippen molar-refractivity contribution in [1.29, 1.82) is 0 Å². The molecule has 1 aliphatic carbocycles. The monoisotopic (exact) mass is 234 g/mol. The van der Waals surface area contributed by atoms with E-state index in [4.69, 9.17) is 5.73 Å². The van der Waals surface area contributed by atoms with Crippen LogP contribution >= 0.6 is 0 Å². The molecule has 1 fully saturated rings. The summed E-state index contributed by atoms with van der Waals surface area (Å²) in [4.78, 5) is 0. The number of sulfonamides is 1. The molecule has 3 N–H and O–H groups in total. The highest BCUT2D eigenvalue weighted by atomic mass is 32.2. The second kappa shape index (κ2) is 5.27. The Morgan fingerprint density at radius 3 is 2.20 bits per heavy atom. The van der Waals surface area contributed by atoms with E-state index in [1.807, 2.05) is 0 Å². The third-order valence-electron chi connectivity index (χ3n) is 3.13. The van der Waals surface area contributed by atoms with Gasteiger partial charge in [0.25, 0.3) is 0 Å². The first-order valence-corrected chi connectivity index (χ1v) is 7.21. The molecule has 0 aliphatic heterocycles. The number of hydrogen-bond acceptors (Lipinski definition) is 3. The summed E-state index contributed by atoms with van der Waals surface area (Å²) < 4.78 is 26.0. The molecule has 0 amide bonds. The average Bonchev–Trinajstić information content (AvgIpc) is 2.18. The average molecular weight is 234 g/mol. The van der Waals surface area contributed by atoms with Crippen molar-refractivity contribution >= 4 is 10.0 Å². The van der Waals surface area contributed by atoms with Gasteiger partial charge in [0.2, 0.25) is 10.0 Å². The van der Waals surface area contributed by atoms with E-state index in [9.17, 15) is 8.42 Å². The standard InChI is InChI=1S/C10H22N2O2S/c1-8(2)15(13,14)12-10-5-3-9(7-11)4-6-10/h8-10,12H,3-7,11H2,1-2H3. The maximum absolute atomic E-state index is 11.6. The van der Waals surface area contributed by atoms with E-state index >= 15 is 0 Å². The second-order valence-electron chi connectivity index (χ2n) is 4.66. The van der Waals surface area contributed by atoms with E-state index < -0.39 is 10.0 Å². The van der Waals surface area contributed by atoms with Crippen molar-refractivity contribution in [3.63, 3.8) is 0 Å². The van der Waals surface area contributed by atoms with Gasteiger partial charge >= 0.3 is 0 Å². The van der Waals surface area contributed by atoms with Gasteiger partial charge in [0.1, 0.15) is 0 Å². The van der Waals surface area contributed by atoms with Crippen LogP contribution < -0.4 is 10.5 Å². The summed E-state index contributed by atoms with van der Waals surface area (Å²) >= 11 is 0. The van der Waals surface area contributed by atoms with Crippen molar-refractivity contribution in [2.75, 3.05) is 6.54 Å². The molecular weight excluding hydrogens is 212 g/mol. The third kappa shape index (κ3) is 3.74. The number of nitrogens with two attached hydrogens (primary N) is 1. The van der Waals surface area contributed by atoms with E-state index in [1.165, 1.54) is 0 Å². The molecule has 0 unspecified atom stereocenters. The van der Waals surface area contributed by atoms with Gasteiger partial charge in [-0.2, -0.15) is 0 Å². The molecule has 0 aromatic carbocycles. The minimum Gasteiger partial charge on any atom is -0.330 e. The van der Waals surface area contributed by atoms with Gasteiger partial charge in [-0.15, -0.1) is 0 Å². The summed E-state index contributed by atoms with van der Waals surface area (Å²) in [6.07, 6.45) is 3.94. The van der Waals surface area contributed by atoms with Crippen LogP contribution in [0.3, 0.4) is 0 Å². The fourth-order valence-corrected chi connectivity index (χ4v) is 2.86. The Hall–Kier alpha value is -0.130. The van der Waals surface area contributed by atoms with E-state index in [-0.39, 0.29) is 11.3 Å². The Kier molecular flexibility index (Phi) is 4.55. The van der Waals surface area contributed by atoms with Gasteiger partial charge in [-0.3, -0.25) is 0 Å². The fraction of sp³-hybridized carbons (Fsp3) is 1.00. The first-order chi connectivity index (χ1) is 6.95. The van der Waals surface area contributed by atoms with E-state index in [0.29, 0.717) is 5.92 Å². The molecule has 5 heteroatoms. The molecule has 90 valence electrons. The second-order valence-corrected chi connectivity index (χ2v) is 6.93. The van der Waals surface area contributed by atoms with Gasteiger partial charge < -0.3 is 5.73 Å². The molecular formula is C10H22N2O2S. The molecule has 15 heavy (non-hydrogen) atoms. The van der Waals surface area contributed by atoms with E-state index in [0.717, 1.165) is 32.2 Å². The Bertz CT molecular complexity index is 280. The van der Waals surface area contributed by atoms with Crippen molar-refractivity contribution in [3.8, 4) is 0 Å². The lowest BCUT2D eigenvalue weighted by Crippen LogP contribution is -2.41. The van der Waals surface area contributed by atoms with Crippen LogP contribution in [0.15, 0.2) is 0 Å². The van der Waals surface area contributed by atoms with E-state index in [1.54, 1.807) is 13.8 Å². The maximum Gasteiger partial charge on any atom is 0.214 e. The van der Waals surface area contributed by atoms with Gasteiger partial charge in [0.05, 0.1) is 5.25 Å². The molecule has 1 rings (SSSR count). The molecule has 0 bridgehead atoms. The first kappa shape index (κ1) is 12.9. The zero-order chi connectivity index (χ0) is 11.5. The number of rotatable bonds is 4. The van der Waals surface area contributed by atoms with Crippen molar-refractivity contribution < 1.29 is 8.42 Å². The summed E-state index contributed by atoms with van der Waals surface area (Å²) in [6.45, 7) is 4.13. The first-order valence-electron chi connectivity index (χ1n) is 5.67. The van der Waals surface area contributed by atoms with Crippen molar-refractivity contribution in [3.05, 3.63) is 0 Å². The number of nitrogens with one attached hydrogen (secondary N) is 1. The number of hydrogen-bond donors (Lipinski definition) is 2. The zero-order valence-electron chi connectivity index (χ0n) is 9.57.